The third kappa shape index (κ3) is 5.15. The van der Waals surface area contributed by atoms with Crippen LogP contribution in [-0.4, -0.2) is 30.5 Å². The molecular weight excluding hydrogens is 270 g/mol. The number of piperidine rings is 1. The number of nitrogens with zero attached hydrogens (tertiary/aromatic N) is 1. The van der Waals surface area contributed by atoms with Crippen molar-refractivity contribution in [3.8, 4) is 0 Å². The molecule has 1 unspecified atom stereocenters. The molecule has 1 saturated heterocycles. The minimum absolute atomic E-state index is 0.0346. The van der Waals surface area contributed by atoms with Crippen molar-refractivity contribution >= 4 is 11.6 Å². The summed E-state index contributed by atoms with van der Waals surface area (Å²) in [5, 5.41) is 16.8. The van der Waals surface area contributed by atoms with E-state index in [0.29, 0.717) is 12.5 Å². The summed E-state index contributed by atoms with van der Waals surface area (Å²) in [6.07, 6.45) is 3.70. The number of nitro groups is 1. The fraction of sp³-hybridized carbons (Fsp3) is 0.533. The molecule has 1 aromatic carbocycles. The fourth-order valence-corrected chi connectivity index (χ4v) is 2.57. The molecule has 1 aromatic rings. The first-order valence-corrected chi connectivity index (χ1v) is 7.36. The SMILES string of the molecule is O=C(Cc1ccc([N+](=O)[O-])cc1)NCCC1CCCNC1. The molecule has 1 fully saturated rings. The average molecular weight is 291 g/mol. The fourth-order valence-electron chi connectivity index (χ4n) is 2.57. The van der Waals surface area contributed by atoms with E-state index < -0.39 is 4.92 Å². The lowest BCUT2D eigenvalue weighted by Crippen LogP contribution is -2.33. The summed E-state index contributed by atoms with van der Waals surface area (Å²) in [4.78, 5) is 21.9. The van der Waals surface area contributed by atoms with Crippen molar-refractivity contribution in [2.24, 2.45) is 5.92 Å². The largest absolute Gasteiger partial charge is 0.356 e. The van der Waals surface area contributed by atoms with Crippen molar-refractivity contribution in [2.75, 3.05) is 19.6 Å². The first kappa shape index (κ1) is 15.4. The zero-order valence-electron chi connectivity index (χ0n) is 12.0. The second-order valence-electron chi connectivity index (χ2n) is 5.45. The van der Waals surface area contributed by atoms with Gasteiger partial charge in [-0.25, -0.2) is 0 Å². The Labute approximate surface area is 124 Å². The maximum atomic E-state index is 11.8. The number of nitro benzene ring substituents is 1. The highest BCUT2D eigenvalue weighted by molar-refractivity contribution is 5.78. The minimum Gasteiger partial charge on any atom is -0.356 e. The summed E-state index contributed by atoms with van der Waals surface area (Å²) in [7, 11) is 0. The molecule has 0 bridgehead atoms. The molecule has 1 aliphatic rings. The molecule has 0 aromatic heterocycles. The number of hydrogen-bond acceptors (Lipinski definition) is 4. The molecule has 0 saturated carbocycles. The first-order valence-electron chi connectivity index (χ1n) is 7.36. The Balaban J connectivity index is 1.70. The van der Waals surface area contributed by atoms with E-state index in [1.165, 1.54) is 25.0 Å². The molecule has 21 heavy (non-hydrogen) atoms. The average Bonchev–Trinajstić information content (AvgIpc) is 2.49. The van der Waals surface area contributed by atoms with E-state index in [2.05, 4.69) is 10.6 Å². The van der Waals surface area contributed by atoms with E-state index in [-0.39, 0.29) is 18.0 Å². The molecule has 1 amide bonds. The number of carbonyl (C=O) groups excluding carboxylic acids is 1. The molecule has 1 aliphatic heterocycles. The van der Waals surface area contributed by atoms with Gasteiger partial charge in [-0.05, 0) is 43.8 Å². The van der Waals surface area contributed by atoms with Gasteiger partial charge >= 0.3 is 0 Å². The number of benzene rings is 1. The second-order valence-corrected chi connectivity index (χ2v) is 5.45. The molecule has 6 heteroatoms. The van der Waals surface area contributed by atoms with Crippen LogP contribution in [0.1, 0.15) is 24.8 Å². The van der Waals surface area contributed by atoms with Crippen LogP contribution in [0.2, 0.25) is 0 Å². The summed E-state index contributed by atoms with van der Waals surface area (Å²) in [6, 6.07) is 6.11. The monoisotopic (exact) mass is 291 g/mol. The van der Waals surface area contributed by atoms with Crippen LogP contribution in [0.5, 0.6) is 0 Å². The van der Waals surface area contributed by atoms with Crippen LogP contribution in [0.4, 0.5) is 5.69 Å². The standard InChI is InChI=1S/C15H21N3O3/c19-15(17-9-7-13-2-1-8-16-11-13)10-12-3-5-14(6-4-12)18(20)21/h3-6,13,16H,1-2,7-11H2,(H,17,19). The summed E-state index contributed by atoms with van der Waals surface area (Å²) in [5.74, 6) is 0.617. The molecule has 0 radical (unpaired) electrons. The molecular formula is C15H21N3O3. The van der Waals surface area contributed by atoms with E-state index in [1.807, 2.05) is 0 Å². The van der Waals surface area contributed by atoms with Crippen molar-refractivity contribution < 1.29 is 9.72 Å². The Morgan fingerprint density at radius 2 is 2.14 bits per heavy atom. The Morgan fingerprint density at radius 3 is 2.76 bits per heavy atom. The number of rotatable bonds is 6. The van der Waals surface area contributed by atoms with E-state index in [9.17, 15) is 14.9 Å². The smallest absolute Gasteiger partial charge is 0.269 e. The Hall–Kier alpha value is -1.95. The summed E-state index contributed by atoms with van der Waals surface area (Å²) in [6.45, 7) is 2.83. The number of non-ortho nitro benzene ring substituents is 1. The molecule has 2 rings (SSSR count). The van der Waals surface area contributed by atoms with Gasteiger partial charge in [-0.1, -0.05) is 12.1 Å². The molecule has 2 N–H and O–H groups in total. The predicted octanol–water partition coefficient (Wildman–Crippen LogP) is 1.64. The lowest BCUT2D eigenvalue weighted by Gasteiger charge is -2.22. The van der Waals surface area contributed by atoms with E-state index in [1.54, 1.807) is 12.1 Å². The van der Waals surface area contributed by atoms with Crippen molar-refractivity contribution in [3.63, 3.8) is 0 Å². The number of carbonyl (C=O) groups is 1. The van der Waals surface area contributed by atoms with Crippen molar-refractivity contribution in [1.82, 2.24) is 10.6 Å². The zero-order chi connectivity index (χ0) is 15.1. The van der Waals surface area contributed by atoms with Gasteiger partial charge in [0, 0.05) is 18.7 Å². The molecule has 1 heterocycles. The van der Waals surface area contributed by atoms with Gasteiger partial charge in [0.1, 0.15) is 0 Å². The van der Waals surface area contributed by atoms with Gasteiger partial charge in [0.05, 0.1) is 11.3 Å². The van der Waals surface area contributed by atoms with E-state index in [0.717, 1.165) is 25.1 Å². The second kappa shape index (κ2) is 7.73. The van der Waals surface area contributed by atoms with Crippen LogP contribution in [0.25, 0.3) is 0 Å². The maximum absolute atomic E-state index is 11.8. The topological polar surface area (TPSA) is 84.3 Å². The Kier molecular flexibility index (Phi) is 5.68. The highest BCUT2D eigenvalue weighted by atomic mass is 16.6. The molecule has 1 atom stereocenters. The summed E-state index contributed by atoms with van der Waals surface area (Å²) in [5.41, 5.74) is 0.835. The summed E-state index contributed by atoms with van der Waals surface area (Å²) >= 11 is 0. The lowest BCUT2D eigenvalue weighted by atomic mass is 9.96. The van der Waals surface area contributed by atoms with Gasteiger partial charge in [-0.15, -0.1) is 0 Å². The van der Waals surface area contributed by atoms with Gasteiger partial charge in [-0.3, -0.25) is 14.9 Å². The number of hydrogen-bond donors (Lipinski definition) is 2. The van der Waals surface area contributed by atoms with Gasteiger partial charge < -0.3 is 10.6 Å². The van der Waals surface area contributed by atoms with Crippen LogP contribution in [-0.2, 0) is 11.2 Å². The zero-order valence-corrected chi connectivity index (χ0v) is 12.0. The number of nitrogens with one attached hydrogen (secondary N) is 2. The Bertz CT molecular complexity index is 481. The van der Waals surface area contributed by atoms with Gasteiger partial charge in [0.2, 0.25) is 5.91 Å². The first-order chi connectivity index (χ1) is 10.1. The molecule has 0 aliphatic carbocycles. The van der Waals surface area contributed by atoms with Crippen LogP contribution < -0.4 is 10.6 Å². The van der Waals surface area contributed by atoms with Gasteiger partial charge in [0.25, 0.3) is 5.69 Å². The van der Waals surface area contributed by atoms with E-state index >= 15 is 0 Å². The normalized spacial score (nSPS) is 18.2. The van der Waals surface area contributed by atoms with Crippen LogP contribution in [0, 0.1) is 16.0 Å². The van der Waals surface area contributed by atoms with Crippen molar-refractivity contribution in [2.45, 2.75) is 25.7 Å². The van der Waals surface area contributed by atoms with Crippen LogP contribution in [0.15, 0.2) is 24.3 Å². The van der Waals surface area contributed by atoms with Crippen LogP contribution >= 0.6 is 0 Å². The quantitative estimate of drug-likeness (QED) is 0.616. The van der Waals surface area contributed by atoms with Crippen molar-refractivity contribution in [3.05, 3.63) is 39.9 Å². The predicted molar refractivity (Wildman–Crippen MR) is 80.0 cm³/mol. The van der Waals surface area contributed by atoms with Crippen LogP contribution in [0.3, 0.4) is 0 Å². The highest BCUT2D eigenvalue weighted by Gasteiger charge is 2.13. The molecule has 114 valence electrons. The van der Waals surface area contributed by atoms with Gasteiger partial charge in [0.15, 0.2) is 0 Å². The maximum Gasteiger partial charge on any atom is 0.269 e. The number of amides is 1. The third-order valence-electron chi connectivity index (χ3n) is 3.79. The summed E-state index contributed by atoms with van der Waals surface area (Å²) < 4.78 is 0. The van der Waals surface area contributed by atoms with E-state index in [4.69, 9.17) is 0 Å². The highest BCUT2D eigenvalue weighted by Crippen LogP contribution is 2.14. The van der Waals surface area contributed by atoms with Gasteiger partial charge in [-0.2, -0.15) is 0 Å². The Morgan fingerprint density at radius 1 is 1.38 bits per heavy atom. The minimum atomic E-state index is -0.442. The van der Waals surface area contributed by atoms with Crippen molar-refractivity contribution in [1.29, 1.82) is 0 Å². The molecule has 0 spiro atoms. The lowest BCUT2D eigenvalue weighted by molar-refractivity contribution is -0.384. The molecule has 6 nitrogen and oxygen atoms in total. The third-order valence-corrected chi connectivity index (χ3v) is 3.79.